The van der Waals surface area contributed by atoms with Crippen LogP contribution >= 0.6 is 11.8 Å². The zero-order chi connectivity index (χ0) is 13.7. The van der Waals surface area contributed by atoms with Crippen molar-refractivity contribution in [1.82, 2.24) is 5.32 Å². The van der Waals surface area contributed by atoms with Crippen LogP contribution in [0.5, 0.6) is 0 Å². The lowest BCUT2D eigenvalue weighted by atomic mass is 10.1. The normalized spacial score (nSPS) is 14.6. The maximum absolute atomic E-state index is 11.0. The second-order valence-corrected chi connectivity index (χ2v) is 5.35. The highest BCUT2D eigenvalue weighted by atomic mass is 32.2. The molecule has 0 aromatic heterocycles. The molecule has 100 valence electrons. The SMILES string of the molecule is CC(=O)NC1=NC(CCc2ccc(N)cc2)=CCS1. The van der Waals surface area contributed by atoms with E-state index in [1.807, 2.05) is 24.3 Å². The van der Waals surface area contributed by atoms with Gasteiger partial charge in [-0.3, -0.25) is 4.79 Å². The van der Waals surface area contributed by atoms with Crippen LogP contribution in [-0.2, 0) is 11.2 Å². The number of nitrogens with zero attached hydrogens (tertiary/aromatic N) is 1. The maximum Gasteiger partial charge on any atom is 0.222 e. The molecule has 2 rings (SSSR count). The van der Waals surface area contributed by atoms with Crippen LogP contribution in [-0.4, -0.2) is 16.8 Å². The van der Waals surface area contributed by atoms with Crippen LogP contribution in [0.4, 0.5) is 5.69 Å². The number of amidine groups is 1. The van der Waals surface area contributed by atoms with Crippen LogP contribution < -0.4 is 11.1 Å². The minimum atomic E-state index is -0.0777. The summed E-state index contributed by atoms with van der Waals surface area (Å²) < 4.78 is 0. The monoisotopic (exact) mass is 275 g/mol. The van der Waals surface area contributed by atoms with Crippen LogP contribution in [0.15, 0.2) is 41.0 Å². The number of carbonyl (C=O) groups excluding carboxylic acids is 1. The minimum Gasteiger partial charge on any atom is -0.399 e. The number of thioether (sulfide) groups is 1. The number of nitrogens with two attached hydrogens (primary N) is 1. The van der Waals surface area contributed by atoms with Gasteiger partial charge in [-0.25, -0.2) is 4.99 Å². The summed E-state index contributed by atoms with van der Waals surface area (Å²) in [5, 5.41) is 3.43. The molecule has 1 heterocycles. The van der Waals surface area contributed by atoms with Crippen molar-refractivity contribution in [1.29, 1.82) is 0 Å². The molecule has 0 fully saturated rings. The van der Waals surface area contributed by atoms with Gasteiger partial charge in [-0.2, -0.15) is 0 Å². The van der Waals surface area contributed by atoms with Gasteiger partial charge in [0.05, 0.1) is 0 Å². The smallest absolute Gasteiger partial charge is 0.222 e. The highest BCUT2D eigenvalue weighted by Gasteiger charge is 2.09. The molecular formula is C14H17N3OS. The second-order valence-electron chi connectivity index (χ2n) is 4.35. The molecule has 0 saturated heterocycles. The van der Waals surface area contributed by atoms with Crippen LogP contribution in [0, 0.1) is 0 Å². The van der Waals surface area contributed by atoms with E-state index in [4.69, 9.17) is 5.73 Å². The molecule has 1 amide bonds. The molecule has 0 atom stereocenters. The molecule has 0 radical (unpaired) electrons. The first-order chi connectivity index (χ1) is 9.13. The molecule has 5 heteroatoms. The number of aryl methyl sites for hydroxylation is 1. The first-order valence-electron chi connectivity index (χ1n) is 6.16. The summed E-state index contributed by atoms with van der Waals surface area (Å²) in [6, 6.07) is 7.89. The molecule has 0 saturated carbocycles. The van der Waals surface area contributed by atoms with Crippen molar-refractivity contribution in [3.8, 4) is 0 Å². The molecule has 0 aliphatic carbocycles. The van der Waals surface area contributed by atoms with Gasteiger partial charge in [0.2, 0.25) is 5.91 Å². The number of allylic oxidation sites excluding steroid dienone is 1. The molecule has 19 heavy (non-hydrogen) atoms. The molecule has 0 spiro atoms. The summed E-state index contributed by atoms with van der Waals surface area (Å²) in [6.45, 7) is 1.50. The van der Waals surface area contributed by atoms with Gasteiger partial charge in [-0.05, 0) is 30.5 Å². The van der Waals surface area contributed by atoms with Gasteiger partial charge in [0.15, 0.2) is 5.17 Å². The number of nitrogen functional groups attached to an aromatic ring is 1. The topological polar surface area (TPSA) is 67.5 Å². The molecule has 1 aliphatic rings. The number of aliphatic imine (C=N–C) groups is 1. The summed E-state index contributed by atoms with van der Waals surface area (Å²) in [7, 11) is 0. The second kappa shape index (κ2) is 6.43. The number of hydrogen-bond donors (Lipinski definition) is 2. The Hall–Kier alpha value is -1.75. The Labute approximate surface area is 117 Å². The van der Waals surface area contributed by atoms with Crippen molar-refractivity contribution >= 4 is 28.5 Å². The molecule has 0 bridgehead atoms. The maximum atomic E-state index is 11.0. The Bertz CT molecular complexity index is 520. The number of benzene rings is 1. The summed E-state index contributed by atoms with van der Waals surface area (Å²) in [5.74, 6) is 0.780. The summed E-state index contributed by atoms with van der Waals surface area (Å²) >= 11 is 1.54. The first-order valence-corrected chi connectivity index (χ1v) is 7.14. The van der Waals surface area contributed by atoms with Gasteiger partial charge < -0.3 is 11.1 Å². The number of carbonyl (C=O) groups is 1. The van der Waals surface area contributed by atoms with E-state index in [1.54, 1.807) is 11.8 Å². The molecule has 0 unspecified atom stereocenters. The van der Waals surface area contributed by atoms with Crippen LogP contribution in [0.1, 0.15) is 18.9 Å². The number of rotatable bonds is 3. The van der Waals surface area contributed by atoms with Gasteiger partial charge in [-0.1, -0.05) is 30.0 Å². The zero-order valence-corrected chi connectivity index (χ0v) is 11.7. The molecule has 1 aromatic rings. The fraction of sp³-hybridized carbons (Fsp3) is 0.286. The average Bonchev–Trinajstić information content (AvgIpc) is 2.38. The lowest BCUT2D eigenvalue weighted by Crippen LogP contribution is -2.26. The Kier molecular flexibility index (Phi) is 4.63. The third-order valence-electron chi connectivity index (χ3n) is 2.72. The predicted molar refractivity (Wildman–Crippen MR) is 81.0 cm³/mol. The summed E-state index contributed by atoms with van der Waals surface area (Å²) in [4.78, 5) is 15.4. The molecule has 1 aliphatic heterocycles. The quantitative estimate of drug-likeness (QED) is 0.832. The highest BCUT2D eigenvalue weighted by molar-refractivity contribution is 8.14. The molecule has 3 N–H and O–H groups in total. The van der Waals surface area contributed by atoms with E-state index in [0.717, 1.165) is 30.0 Å². The fourth-order valence-electron chi connectivity index (χ4n) is 1.75. The van der Waals surface area contributed by atoms with Crippen molar-refractivity contribution in [2.75, 3.05) is 11.5 Å². The van der Waals surface area contributed by atoms with Gasteiger partial charge in [0.1, 0.15) is 0 Å². The van der Waals surface area contributed by atoms with E-state index < -0.39 is 0 Å². The number of anilines is 1. The minimum absolute atomic E-state index is 0.0777. The van der Waals surface area contributed by atoms with Gasteiger partial charge in [-0.15, -0.1) is 0 Å². The van der Waals surface area contributed by atoms with Crippen molar-refractivity contribution in [3.63, 3.8) is 0 Å². The Morgan fingerprint density at radius 2 is 2.11 bits per heavy atom. The van der Waals surface area contributed by atoms with Crippen LogP contribution in [0.3, 0.4) is 0 Å². The summed E-state index contributed by atoms with van der Waals surface area (Å²) in [6.07, 6.45) is 3.90. The fourth-order valence-corrected chi connectivity index (χ4v) is 2.59. The van der Waals surface area contributed by atoms with E-state index in [2.05, 4.69) is 16.4 Å². The van der Waals surface area contributed by atoms with Gasteiger partial charge >= 0.3 is 0 Å². The molecular weight excluding hydrogens is 258 g/mol. The lowest BCUT2D eigenvalue weighted by Gasteiger charge is -2.12. The van der Waals surface area contributed by atoms with Crippen molar-refractivity contribution < 1.29 is 4.79 Å². The van der Waals surface area contributed by atoms with E-state index in [-0.39, 0.29) is 5.91 Å². The van der Waals surface area contributed by atoms with E-state index in [0.29, 0.717) is 5.17 Å². The van der Waals surface area contributed by atoms with Crippen LogP contribution in [0.2, 0.25) is 0 Å². The standard InChI is InChI=1S/C14H17N3OS/c1-10(18)16-14-17-13(8-9-19-14)7-4-11-2-5-12(15)6-3-11/h2-3,5-6,8H,4,7,9,15H2,1H3,(H,16,17,18). The molecule has 4 nitrogen and oxygen atoms in total. The zero-order valence-electron chi connectivity index (χ0n) is 10.8. The van der Waals surface area contributed by atoms with Crippen LogP contribution in [0.25, 0.3) is 0 Å². The Balaban J connectivity index is 1.92. The van der Waals surface area contributed by atoms with E-state index in [9.17, 15) is 4.79 Å². The van der Waals surface area contributed by atoms with Gasteiger partial charge in [0.25, 0.3) is 0 Å². The van der Waals surface area contributed by atoms with Crippen molar-refractivity contribution in [3.05, 3.63) is 41.6 Å². The highest BCUT2D eigenvalue weighted by Crippen LogP contribution is 2.19. The third-order valence-corrected chi connectivity index (χ3v) is 3.52. The number of amides is 1. The van der Waals surface area contributed by atoms with Crippen molar-refractivity contribution in [2.24, 2.45) is 4.99 Å². The lowest BCUT2D eigenvalue weighted by molar-refractivity contribution is -0.117. The van der Waals surface area contributed by atoms with Gasteiger partial charge in [0, 0.05) is 24.1 Å². The first kappa shape index (κ1) is 13.7. The van der Waals surface area contributed by atoms with E-state index in [1.165, 1.54) is 12.5 Å². The number of hydrogen-bond acceptors (Lipinski definition) is 4. The number of nitrogens with one attached hydrogen (secondary N) is 1. The average molecular weight is 275 g/mol. The summed E-state index contributed by atoms with van der Waals surface area (Å²) in [5.41, 5.74) is 8.70. The Morgan fingerprint density at radius 3 is 2.79 bits per heavy atom. The largest absolute Gasteiger partial charge is 0.399 e. The van der Waals surface area contributed by atoms with E-state index >= 15 is 0 Å². The third kappa shape index (κ3) is 4.44. The molecule has 1 aromatic carbocycles. The Morgan fingerprint density at radius 1 is 1.37 bits per heavy atom. The van der Waals surface area contributed by atoms with Crippen molar-refractivity contribution in [2.45, 2.75) is 19.8 Å². The predicted octanol–water partition coefficient (Wildman–Crippen LogP) is 2.32.